The van der Waals surface area contributed by atoms with Crippen LogP contribution in [0.25, 0.3) is 0 Å². The highest BCUT2D eigenvalue weighted by Crippen LogP contribution is 2.14. The van der Waals surface area contributed by atoms with Crippen molar-refractivity contribution in [2.24, 2.45) is 5.73 Å². The normalized spacial score (nSPS) is 19.9. The summed E-state index contributed by atoms with van der Waals surface area (Å²) < 4.78 is 5.59. The van der Waals surface area contributed by atoms with Crippen LogP contribution < -0.4 is 5.73 Å². The smallest absolute Gasteiger partial charge is 0.0599 e. The van der Waals surface area contributed by atoms with E-state index in [0.717, 1.165) is 44.7 Å². The lowest BCUT2D eigenvalue weighted by molar-refractivity contribution is 0.0162. The van der Waals surface area contributed by atoms with Gasteiger partial charge in [-0.1, -0.05) is 6.58 Å². The lowest BCUT2D eigenvalue weighted by atomic mass is 10.1. The summed E-state index contributed by atoms with van der Waals surface area (Å²) in [6.45, 7) is 10.6. The van der Waals surface area contributed by atoms with Crippen LogP contribution in [-0.4, -0.2) is 43.8 Å². The molecule has 0 spiro atoms. The fraction of sp³-hybridized carbons (Fsp3) is 0.818. The molecule has 1 rings (SSSR count). The van der Waals surface area contributed by atoms with Gasteiger partial charge in [-0.05, 0) is 25.3 Å². The van der Waals surface area contributed by atoms with Gasteiger partial charge in [0.25, 0.3) is 0 Å². The van der Waals surface area contributed by atoms with Crippen LogP contribution in [-0.2, 0) is 4.74 Å². The van der Waals surface area contributed by atoms with Gasteiger partial charge in [-0.3, -0.25) is 4.90 Å². The van der Waals surface area contributed by atoms with Gasteiger partial charge in [0.2, 0.25) is 0 Å². The highest BCUT2D eigenvalue weighted by atomic mass is 16.5. The minimum atomic E-state index is 0.474. The van der Waals surface area contributed by atoms with E-state index in [1.807, 2.05) is 0 Å². The maximum atomic E-state index is 5.59. The third kappa shape index (κ3) is 3.78. The molecular weight excluding hydrogens is 176 g/mol. The summed E-state index contributed by atoms with van der Waals surface area (Å²) in [4.78, 5) is 2.41. The van der Waals surface area contributed by atoms with Gasteiger partial charge in [-0.25, -0.2) is 0 Å². The Balaban J connectivity index is 2.18. The molecule has 0 saturated carbocycles. The zero-order valence-electron chi connectivity index (χ0n) is 9.17. The number of rotatable bonds is 5. The Bertz CT molecular complexity index is 174. The molecule has 0 radical (unpaired) electrons. The van der Waals surface area contributed by atoms with Gasteiger partial charge in [0, 0.05) is 32.8 Å². The summed E-state index contributed by atoms with van der Waals surface area (Å²) in [5, 5.41) is 0. The molecule has 3 nitrogen and oxygen atoms in total. The van der Waals surface area contributed by atoms with E-state index in [0.29, 0.717) is 12.6 Å². The first-order valence-electron chi connectivity index (χ1n) is 5.47. The van der Waals surface area contributed by atoms with E-state index in [1.54, 1.807) is 0 Å². The van der Waals surface area contributed by atoms with E-state index in [-0.39, 0.29) is 0 Å². The highest BCUT2D eigenvalue weighted by Gasteiger charge is 2.18. The molecule has 0 amide bonds. The Morgan fingerprint density at radius 1 is 1.50 bits per heavy atom. The second-order valence-corrected chi connectivity index (χ2v) is 3.88. The predicted molar refractivity (Wildman–Crippen MR) is 59.3 cm³/mol. The number of hydrogen-bond acceptors (Lipinski definition) is 3. The van der Waals surface area contributed by atoms with Crippen molar-refractivity contribution in [1.29, 1.82) is 0 Å². The monoisotopic (exact) mass is 198 g/mol. The van der Waals surface area contributed by atoms with E-state index in [1.165, 1.54) is 0 Å². The second kappa shape index (κ2) is 6.17. The zero-order valence-corrected chi connectivity index (χ0v) is 9.17. The van der Waals surface area contributed by atoms with Crippen LogP contribution in [0.4, 0.5) is 0 Å². The van der Waals surface area contributed by atoms with E-state index in [9.17, 15) is 0 Å². The molecule has 1 aliphatic heterocycles. The number of likely N-dealkylation sites (tertiary alicyclic amines) is 1. The van der Waals surface area contributed by atoms with Gasteiger partial charge >= 0.3 is 0 Å². The Kier molecular flexibility index (Phi) is 5.15. The number of piperidine rings is 1. The van der Waals surface area contributed by atoms with Crippen LogP contribution >= 0.6 is 0 Å². The molecule has 3 heteroatoms. The van der Waals surface area contributed by atoms with Gasteiger partial charge in [0.05, 0.1) is 6.10 Å². The summed E-state index contributed by atoms with van der Waals surface area (Å²) in [7, 11) is 0. The SMILES string of the molecule is C=C(CN)CN1CCC(OCC)CC1. The van der Waals surface area contributed by atoms with Crippen molar-refractivity contribution in [3.05, 3.63) is 12.2 Å². The van der Waals surface area contributed by atoms with Gasteiger partial charge < -0.3 is 10.5 Å². The van der Waals surface area contributed by atoms with E-state index >= 15 is 0 Å². The molecule has 0 aromatic heterocycles. The molecule has 0 unspecified atom stereocenters. The summed E-state index contributed by atoms with van der Waals surface area (Å²) in [5.74, 6) is 0. The Labute approximate surface area is 86.9 Å². The van der Waals surface area contributed by atoms with Crippen LogP contribution in [0.5, 0.6) is 0 Å². The van der Waals surface area contributed by atoms with E-state index in [2.05, 4.69) is 18.4 Å². The Morgan fingerprint density at radius 2 is 2.14 bits per heavy atom. The van der Waals surface area contributed by atoms with Gasteiger partial charge in [0.1, 0.15) is 0 Å². The first-order chi connectivity index (χ1) is 6.76. The largest absolute Gasteiger partial charge is 0.378 e. The standard InChI is InChI=1S/C11H22N2O/c1-3-14-11-4-6-13(7-5-11)9-10(2)8-12/h11H,2-9,12H2,1H3. The molecule has 1 aliphatic rings. The van der Waals surface area contributed by atoms with Crippen molar-refractivity contribution in [3.63, 3.8) is 0 Å². The fourth-order valence-corrected chi connectivity index (χ4v) is 1.85. The number of nitrogens with zero attached hydrogens (tertiary/aromatic N) is 1. The van der Waals surface area contributed by atoms with Crippen molar-refractivity contribution in [2.45, 2.75) is 25.9 Å². The number of nitrogens with two attached hydrogens (primary N) is 1. The number of ether oxygens (including phenoxy) is 1. The van der Waals surface area contributed by atoms with Crippen LogP contribution in [0.15, 0.2) is 12.2 Å². The third-order valence-corrected chi connectivity index (χ3v) is 2.67. The first-order valence-corrected chi connectivity index (χ1v) is 5.47. The molecule has 2 N–H and O–H groups in total. The molecule has 0 aromatic carbocycles. The molecule has 82 valence electrons. The Hall–Kier alpha value is -0.380. The molecule has 0 bridgehead atoms. The fourth-order valence-electron chi connectivity index (χ4n) is 1.85. The maximum Gasteiger partial charge on any atom is 0.0599 e. The Morgan fingerprint density at radius 3 is 2.64 bits per heavy atom. The van der Waals surface area contributed by atoms with E-state index in [4.69, 9.17) is 10.5 Å². The first kappa shape index (κ1) is 11.7. The minimum Gasteiger partial charge on any atom is -0.378 e. The zero-order chi connectivity index (χ0) is 10.4. The van der Waals surface area contributed by atoms with Crippen molar-refractivity contribution in [1.82, 2.24) is 4.90 Å². The van der Waals surface area contributed by atoms with Crippen LogP contribution in [0.1, 0.15) is 19.8 Å². The summed E-state index contributed by atoms with van der Waals surface area (Å²) in [6, 6.07) is 0. The van der Waals surface area contributed by atoms with Crippen molar-refractivity contribution in [2.75, 3.05) is 32.8 Å². The maximum absolute atomic E-state index is 5.59. The van der Waals surface area contributed by atoms with Crippen molar-refractivity contribution >= 4 is 0 Å². The molecule has 0 atom stereocenters. The molecular formula is C11H22N2O. The van der Waals surface area contributed by atoms with Crippen LogP contribution in [0.2, 0.25) is 0 Å². The highest BCUT2D eigenvalue weighted by molar-refractivity contribution is 4.99. The summed E-state index contributed by atoms with van der Waals surface area (Å²) in [5.41, 5.74) is 6.64. The summed E-state index contributed by atoms with van der Waals surface area (Å²) in [6.07, 6.45) is 2.76. The molecule has 0 aliphatic carbocycles. The molecule has 1 saturated heterocycles. The summed E-state index contributed by atoms with van der Waals surface area (Å²) >= 11 is 0. The average Bonchev–Trinajstić information content (AvgIpc) is 2.21. The third-order valence-electron chi connectivity index (χ3n) is 2.67. The minimum absolute atomic E-state index is 0.474. The van der Waals surface area contributed by atoms with Gasteiger partial charge in [-0.2, -0.15) is 0 Å². The van der Waals surface area contributed by atoms with Crippen LogP contribution in [0, 0.1) is 0 Å². The van der Waals surface area contributed by atoms with E-state index < -0.39 is 0 Å². The average molecular weight is 198 g/mol. The number of hydrogen-bond donors (Lipinski definition) is 1. The molecule has 0 aromatic rings. The second-order valence-electron chi connectivity index (χ2n) is 3.88. The van der Waals surface area contributed by atoms with Crippen molar-refractivity contribution < 1.29 is 4.74 Å². The van der Waals surface area contributed by atoms with Gasteiger partial charge in [-0.15, -0.1) is 0 Å². The molecule has 1 heterocycles. The molecule has 1 fully saturated rings. The topological polar surface area (TPSA) is 38.5 Å². The quantitative estimate of drug-likeness (QED) is 0.670. The lowest BCUT2D eigenvalue weighted by Crippen LogP contribution is -2.38. The van der Waals surface area contributed by atoms with Gasteiger partial charge in [0.15, 0.2) is 0 Å². The predicted octanol–water partition coefficient (Wildman–Crippen LogP) is 1.00. The lowest BCUT2D eigenvalue weighted by Gasteiger charge is -2.31. The van der Waals surface area contributed by atoms with Crippen LogP contribution in [0.3, 0.4) is 0 Å². The van der Waals surface area contributed by atoms with Crippen molar-refractivity contribution in [3.8, 4) is 0 Å². The molecule has 14 heavy (non-hydrogen) atoms.